The molecule has 1 aromatic rings. The predicted molar refractivity (Wildman–Crippen MR) is 61.6 cm³/mol. The molecule has 1 aliphatic heterocycles. The molecule has 4 nitrogen and oxygen atoms in total. The Morgan fingerprint density at radius 3 is 3.00 bits per heavy atom. The van der Waals surface area contributed by atoms with Crippen molar-refractivity contribution in [2.75, 3.05) is 18.1 Å². The molecule has 0 spiro atoms. The second kappa shape index (κ2) is 5.09. The monoisotopic (exact) mass is 247 g/mol. The third-order valence-corrected chi connectivity index (χ3v) is 3.67. The Morgan fingerprint density at radius 2 is 2.33 bits per heavy atom. The Balaban J connectivity index is 2.14. The van der Waals surface area contributed by atoms with Crippen molar-refractivity contribution in [1.29, 1.82) is 0 Å². The summed E-state index contributed by atoms with van der Waals surface area (Å²) in [6.45, 7) is 1.19. The minimum absolute atomic E-state index is 0.219. The molecule has 1 unspecified atom stereocenters. The van der Waals surface area contributed by atoms with Crippen molar-refractivity contribution in [2.45, 2.75) is 31.7 Å². The fourth-order valence-corrected chi connectivity index (χ4v) is 2.83. The van der Waals surface area contributed by atoms with E-state index in [2.05, 4.69) is 13.6 Å². The molecule has 84 valence electrons. The van der Waals surface area contributed by atoms with Crippen LogP contribution in [0.5, 0.6) is 0 Å². The highest BCUT2D eigenvalue weighted by Crippen LogP contribution is 2.30. The second-order valence-corrected chi connectivity index (χ2v) is 4.62. The van der Waals surface area contributed by atoms with E-state index in [-0.39, 0.29) is 6.61 Å². The number of hydrogen-bond donors (Lipinski definition) is 1. The zero-order valence-electron chi connectivity index (χ0n) is 8.40. The minimum Gasteiger partial charge on any atom is -0.396 e. The Kier molecular flexibility index (Phi) is 3.77. The Hall–Kier alpha value is -0.390. The first kappa shape index (κ1) is 11.1. The summed E-state index contributed by atoms with van der Waals surface area (Å²) < 4.78 is 8.19. The Labute approximate surface area is 98.2 Å². The van der Waals surface area contributed by atoms with E-state index in [0.717, 1.165) is 43.4 Å². The molecule has 0 bridgehead atoms. The van der Waals surface area contributed by atoms with Crippen molar-refractivity contribution in [2.24, 2.45) is 0 Å². The molecule has 0 amide bonds. The lowest BCUT2D eigenvalue weighted by Crippen LogP contribution is -2.40. The lowest BCUT2D eigenvalue weighted by molar-refractivity contribution is 0.262. The number of aromatic nitrogens is 2. The van der Waals surface area contributed by atoms with Gasteiger partial charge < -0.3 is 10.0 Å². The number of anilines is 1. The predicted octanol–water partition coefficient (Wildman–Crippen LogP) is 1.93. The van der Waals surface area contributed by atoms with Gasteiger partial charge in [0.2, 0.25) is 0 Å². The van der Waals surface area contributed by atoms with Gasteiger partial charge in [0.15, 0.2) is 11.0 Å². The summed E-state index contributed by atoms with van der Waals surface area (Å²) in [4.78, 5) is 2.19. The van der Waals surface area contributed by atoms with Crippen molar-refractivity contribution in [1.82, 2.24) is 8.75 Å². The summed E-state index contributed by atoms with van der Waals surface area (Å²) in [6.07, 6.45) is 4.27. The van der Waals surface area contributed by atoms with E-state index >= 15 is 0 Å². The van der Waals surface area contributed by atoms with Crippen molar-refractivity contribution >= 4 is 29.1 Å². The van der Waals surface area contributed by atoms with Crippen LogP contribution < -0.4 is 4.90 Å². The van der Waals surface area contributed by atoms with Gasteiger partial charge in [-0.05, 0) is 25.7 Å². The number of hydrogen-bond acceptors (Lipinski definition) is 5. The number of nitrogens with zero attached hydrogens (tertiary/aromatic N) is 3. The number of halogens is 1. The van der Waals surface area contributed by atoms with Crippen LogP contribution in [0.25, 0.3) is 0 Å². The fourth-order valence-electron chi connectivity index (χ4n) is 2.07. The summed E-state index contributed by atoms with van der Waals surface area (Å²) >= 11 is 7.12. The van der Waals surface area contributed by atoms with Gasteiger partial charge in [0, 0.05) is 19.2 Å². The SMILES string of the molecule is OCCC1CCCCN1c1nsnc1Cl. The zero-order chi connectivity index (χ0) is 10.7. The maximum atomic E-state index is 9.01. The average molecular weight is 248 g/mol. The van der Waals surface area contributed by atoms with Gasteiger partial charge in [-0.2, -0.15) is 8.75 Å². The molecule has 0 saturated carbocycles. The fraction of sp³-hybridized carbons (Fsp3) is 0.778. The molecule has 1 atom stereocenters. The van der Waals surface area contributed by atoms with Crippen LogP contribution in [-0.2, 0) is 0 Å². The minimum atomic E-state index is 0.219. The molecule has 1 aliphatic rings. The molecule has 0 radical (unpaired) electrons. The van der Waals surface area contributed by atoms with Gasteiger partial charge in [0.05, 0.1) is 11.7 Å². The van der Waals surface area contributed by atoms with Gasteiger partial charge in [-0.25, -0.2) is 0 Å². The molecule has 1 fully saturated rings. The zero-order valence-corrected chi connectivity index (χ0v) is 9.97. The molecular weight excluding hydrogens is 234 g/mol. The topological polar surface area (TPSA) is 49.2 Å². The van der Waals surface area contributed by atoms with E-state index in [1.165, 1.54) is 6.42 Å². The van der Waals surface area contributed by atoms with E-state index in [1.807, 2.05) is 0 Å². The largest absolute Gasteiger partial charge is 0.396 e. The lowest BCUT2D eigenvalue weighted by Gasteiger charge is -2.35. The van der Waals surface area contributed by atoms with Crippen LogP contribution in [0.1, 0.15) is 25.7 Å². The van der Waals surface area contributed by atoms with Gasteiger partial charge in [-0.3, -0.25) is 0 Å². The first-order valence-electron chi connectivity index (χ1n) is 5.18. The molecule has 6 heteroatoms. The van der Waals surface area contributed by atoms with Crippen LogP contribution in [0.2, 0.25) is 5.15 Å². The Bertz CT molecular complexity index is 318. The first-order valence-corrected chi connectivity index (χ1v) is 6.29. The molecule has 1 N–H and O–H groups in total. The number of aliphatic hydroxyl groups excluding tert-OH is 1. The van der Waals surface area contributed by atoms with Gasteiger partial charge in [-0.1, -0.05) is 11.6 Å². The van der Waals surface area contributed by atoms with Crippen molar-refractivity contribution in [3.63, 3.8) is 0 Å². The molecule has 1 aromatic heterocycles. The number of piperidine rings is 1. The van der Waals surface area contributed by atoms with E-state index in [1.54, 1.807) is 0 Å². The molecule has 2 rings (SSSR count). The van der Waals surface area contributed by atoms with E-state index in [0.29, 0.717) is 11.2 Å². The summed E-state index contributed by atoms with van der Waals surface area (Å²) in [5.41, 5.74) is 0. The molecule has 1 saturated heterocycles. The maximum Gasteiger partial charge on any atom is 0.187 e. The summed E-state index contributed by atoms with van der Waals surface area (Å²) in [6, 6.07) is 0.366. The average Bonchev–Trinajstić information content (AvgIpc) is 2.66. The highest BCUT2D eigenvalue weighted by atomic mass is 35.5. The van der Waals surface area contributed by atoms with Gasteiger partial charge in [0.1, 0.15) is 0 Å². The number of aliphatic hydroxyl groups is 1. The van der Waals surface area contributed by atoms with Crippen molar-refractivity contribution in [3.05, 3.63) is 5.15 Å². The molecule has 0 aromatic carbocycles. The van der Waals surface area contributed by atoms with E-state index < -0.39 is 0 Å². The molecule has 0 aliphatic carbocycles. The standard InChI is InChI=1S/C9H14ClN3OS/c10-8-9(12-15-11-8)13-5-2-1-3-7(13)4-6-14/h7,14H,1-6H2. The third-order valence-electron chi connectivity index (χ3n) is 2.79. The maximum absolute atomic E-state index is 9.01. The van der Waals surface area contributed by atoms with Gasteiger partial charge in [-0.15, -0.1) is 0 Å². The van der Waals surface area contributed by atoms with Crippen LogP contribution in [0.4, 0.5) is 5.82 Å². The summed E-state index contributed by atoms with van der Waals surface area (Å²) in [7, 11) is 0. The highest BCUT2D eigenvalue weighted by molar-refractivity contribution is 6.99. The quantitative estimate of drug-likeness (QED) is 0.887. The molecule has 15 heavy (non-hydrogen) atoms. The lowest BCUT2D eigenvalue weighted by atomic mass is 10.00. The van der Waals surface area contributed by atoms with Crippen LogP contribution in [0.3, 0.4) is 0 Å². The molecule has 2 heterocycles. The Morgan fingerprint density at radius 1 is 1.47 bits per heavy atom. The van der Waals surface area contributed by atoms with Gasteiger partial charge in [0.25, 0.3) is 0 Å². The van der Waals surface area contributed by atoms with Crippen LogP contribution in [0, 0.1) is 0 Å². The van der Waals surface area contributed by atoms with Crippen molar-refractivity contribution in [3.8, 4) is 0 Å². The molecular formula is C9H14ClN3OS. The van der Waals surface area contributed by atoms with Crippen LogP contribution in [0.15, 0.2) is 0 Å². The number of rotatable bonds is 3. The van der Waals surface area contributed by atoms with Gasteiger partial charge >= 0.3 is 0 Å². The smallest absolute Gasteiger partial charge is 0.187 e. The normalized spacial score (nSPS) is 22.0. The second-order valence-electron chi connectivity index (χ2n) is 3.73. The third kappa shape index (κ3) is 2.41. The summed E-state index contributed by atoms with van der Waals surface area (Å²) in [5, 5.41) is 9.50. The first-order chi connectivity index (χ1) is 7.33. The van der Waals surface area contributed by atoms with E-state index in [4.69, 9.17) is 16.7 Å². The van der Waals surface area contributed by atoms with Crippen LogP contribution in [-0.4, -0.2) is 33.0 Å². The van der Waals surface area contributed by atoms with Crippen LogP contribution >= 0.6 is 23.3 Å². The summed E-state index contributed by atoms with van der Waals surface area (Å²) in [5.74, 6) is 0.791. The highest BCUT2D eigenvalue weighted by Gasteiger charge is 2.25. The van der Waals surface area contributed by atoms with E-state index in [9.17, 15) is 0 Å². The van der Waals surface area contributed by atoms with Crippen molar-refractivity contribution < 1.29 is 5.11 Å².